The topological polar surface area (TPSA) is 38.3 Å². The molecule has 0 bridgehead atoms. The Kier molecular flexibility index (Phi) is 8.01. The summed E-state index contributed by atoms with van der Waals surface area (Å²) in [5.41, 5.74) is -0.401. The van der Waals surface area contributed by atoms with Crippen molar-refractivity contribution in [2.24, 2.45) is 5.92 Å². The maximum atomic E-state index is 11.3. The van der Waals surface area contributed by atoms with Crippen LogP contribution in [0.15, 0.2) is 0 Å². The molecule has 0 spiro atoms. The molecule has 3 heteroatoms. The molecule has 0 aliphatic rings. The van der Waals surface area contributed by atoms with Crippen LogP contribution in [-0.4, -0.2) is 18.2 Å². The highest BCUT2D eigenvalue weighted by Gasteiger charge is 2.15. The van der Waals surface area contributed by atoms with Crippen molar-refractivity contribution in [2.45, 2.75) is 72.3 Å². The number of amides is 1. The van der Waals surface area contributed by atoms with Crippen molar-refractivity contribution in [2.75, 3.05) is 6.54 Å². The van der Waals surface area contributed by atoms with Crippen molar-refractivity contribution < 1.29 is 9.53 Å². The predicted octanol–water partition coefficient (Wildman–Crippen LogP) is 4.12. The lowest BCUT2D eigenvalue weighted by atomic mass is 10.0. The largest absolute Gasteiger partial charge is 0.444 e. The number of ether oxygens (including phenoxy) is 1. The number of nitrogens with one attached hydrogen (secondary N) is 1. The van der Waals surface area contributed by atoms with Gasteiger partial charge in [0.15, 0.2) is 0 Å². The van der Waals surface area contributed by atoms with Gasteiger partial charge >= 0.3 is 6.09 Å². The van der Waals surface area contributed by atoms with Gasteiger partial charge in [0.25, 0.3) is 0 Å². The van der Waals surface area contributed by atoms with E-state index in [1.165, 1.54) is 25.7 Å². The molecule has 102 valence electrons. The molecule has 0 radical (unpaired) electrons. The number of alkyl carbamates (subject to hydrolysis) is 1. The molecule has 0 rings (SSSR count). The molecule has 0 heterocycles. The van der Waals surface area contributed by atoms with Crippen molar-refractivity contribution in [1.29, 1.82) is 0 Å². The summed E-state index contributed by atoms with van der Waals surface area (Å²) >= 11 is 0. The Morgan fingerprint density at radius 3 is 2.24 bits per heavy atom. The third-order valence-corrected chi connectivity index (χ3v) is 2.38. The molecular formula is C14H29NO2. The smallest absolute Gasteiger partial charge is 0.407 e. The zero-order valence-electron chi connectivity index (χ0n) is 12.1. The summed E-state index contributed by atoms with van der Waals surface area (Å²) in [6.45, 7) is 10.8. The molecule has 0 aliphatic heterocycles. The first-order chi connectivity index (χ1) is 7.81. The highest BCUT2D eigenvalue weighted by molar-refractivity contribution is 5.67. The predicted molar refractivity (Wildman–Crippen MR) is 72.2 cm³/mol. The standard InChI is InChI=1S/C14H29NO2/c1-12(2)10-8-6-7-9-11-15-13(16)17-14(3,4)5/h12H,6-11H2,1-5H3,(H,15,16). The van der Waals surface area contributed by atoms with Gasteiger partial charge in [0.2, 0.25) is 0 Å². The molecule has 3 nitrogen and oxygen atoms in total. The third-order valence-electron chi connectivity index (χ3n) is 2.38. The van der Waals surface area contributed by atoms with Crippen LogP contribution in [0, 0.1) is 5.92 Å². The van der Waals surface area contributed by atoms with Crippen molar-refractivity contribution >= 4 is 6.09 Å². The highest BCUT2D eigenvalue weighted by Crippen LogP contribution is 2.09. The van der Waals surface area contributed by atoms with Crippen molar-refractivity contribution in [1.82, 2.24) is 5.32 Å². The van der Waals surface area contributed by atoms with Gasteiger partial charge < -0.3 is 10.1 Å². The Bertz CT molecular complexity index is 207. The minimum absolute atomic E-state index is 0.306. The lowest BCUT2D eigenvalue weighted by Crippen LogP contribution is -2.32. The van der Waals surface area contributed by atoms with Crippen LogP contribution in [0.5, 0.6) is 0 Å². The second-order valence-electron chi connectivity index (χ2n) is 6.03. The van der Waals surface area contributed by atoms with E-state index in [0.717, 1.165) is 18.9 Å². The molecule has 0 saturated heterocycles. The lowest BCUT2D eigenvalue weighted by molar-refractivity contribution is 0.0527. The number of carbonyl (C=O) groups is 1. The number of unbranched alkanes of at least 4 members (excludes halogenated alkanes) is 3. The fraction of sp³-hybridized carbons (Fsp3) is 0.929. The van der Waals surface area contributed by atoms with Crippen LogP contribution < -0.4 is 5.32 Å². The molecule has 17 heavy (non-hydrogen) atoms. The molecule has 0 aromatic rings. The summed E-state index contributed by atoms with van der Waals surface area (Å²) in [4.78, 5) is 11.3. The van der Waals surface area contributed by atoms with E-state index in [0.29, 0.717) is 0 Å². The van der Waals surface area contributed by atoms with Crippen molar-refractivity contribution in [3.63, 3.8) is 0 Å². The summed E-state index contributed by atoms with van der Waals surface area (Å²) in [7, 11) is 0. The molecule has 1 N–H and O–H groups in total. The van der Waals surface area contributed by atoms with E-state index in [1.807, 2.05) is 20.8 Å². The van der Waals surface area contributed by atoms with Gasteiger partial charge in [-0.15, -0.1) is 0 Å². The molecule has 0 saturated carbocycles. The summed E-state index contributed by atoms with van der Waals surface area (Å²) in [5.74, 6) is 0.801. The zero-order chi connectivity index (χ0) is 13.3. The first kappa shape index (κ1) is 16.3. The van der Waals surface area contributed by atoms with E-state index in [9.17, 15) is 4.79 Å². The minimum Gasteiger partial charge on any atom is -0.444 e. The van der Waals surface area contributed by atoms with Crippen molar-refractivity contribution in [3.05, 3.63) is 0 Å². The van der Waals surface area contributed by atoms with Crippen LogP contribution in [0.3, 0.4) is 0 Å². The fourth-order valence-corrected chi connectivity index (χ4v) is 1.54. The second kappa shape index (κ2) is 8.37. The van der Waals surface area contributed by atoms with Crippen LogP contribution in [0.4, 0.5) is 4.79 Å². The van der Waals surface area contributed by atoms with Crippen LogP contribution in [0.25, 0.3) is 0 Å². The van der Waals surface area contributed by atoms with Crippen LogP contribution in [0.1, 0.15) is 66.7 Å². The van der Waals surface area contributed by atoms with E-state index >= 15 is 0 Å². The first-order valence-electron chi connectivity index (χ1n) is 6.78. The van der Waals surface area contributed by atoms with E-state index in [4.69, 9.17) is 4.74 Å². The van der Waals surface area contributed by atoms with Crippen LogP contribution in [0.2, 0.25) is 0 Å². The average molecular weight is 243 g/mol. The Hall–Kier alpha value is -0.730. The van der Waals surface area contributed by atoms with E-state index in [-0.39, 0.29) is 6.09 Å². The van der Waals surface area contributed by atoms with Gasteiger partial charge in [-0.25, -0.2) is 4.79 Å². The lowest BCUT2D eigenvalue weighted by Gasteiger charge is -2.19. The van der Waals surface area contributed by atoms with E-state index < -0.39 is 5.60 Å². The SMILES string of the molecule is CC(C)CCCCCCNC(=O)OC(C)(C)C. The van der Waals surface area contributed by atoms with Gasteiger partial charge in [-0.05, 0) is 33.1 Å². The number of hydrogen-bond donors (Lipinski definition) is 1. The normalized spacial score (nSPS) is 11.6. The maximum Gasteiger partial charge on any atom is 0.407 e. The summed E-state index contributed by atoms with van der Waals surface area (Å²) in [5, 5.41) is 2.78. The molecular weight excluding hydrogens is 214 g/mol. The number of carbonyl (C=O) groups excluding carboxylic acids is 1. The van der Waals surface area contributed by atoms with Gasteiger partial charge in [-0.3, -0.25) is 0 Å². The van der Waals surface area contributed by atoms with Gasteiger partial charge in [-0.2, -0.15) is 0 Å². The Labute approximate surface area is 106 Å². The van der Waals surface area contributed by atoms with Gasteiger partial charge in [-0.1, -0.05) is 39.5 Å². The van der Waals surface area contributed by atoms with E-state index in [1.54, 1.807) is 0 Å². The van der Waals surface area contributed by atoms with Gasteiger partial charge in [0.1, 0.15) is 5.60 Å². The maximum absolute atomic E-state index is 11.3. The first-order valence-corrected chi connectivity index (χ1v) is 6.78. The van der Waals surface area contributed by atoms with E-state index in [2.05, 4.69) is 19.2 Å². The molecule has 0 aliphatic carbocycles. The summed E-state index contributed by atoms with van der Waals surface area (Å²) < 4.78 is 5.15. The van der Waals surface area contributed by atoms with Crippen molar-refractivity contribution in [3.8, 4) is 0 Å². The minimum atomic E-state index is -0.401. The summed E-state index contributed by atoms with van der Waals surface area (Å²) in [6.07, 6.45) is 5.78. The van der Waals surface area contributed by atoms with Gasteiger partial charge in [0.05, 0.1) is 0 Å². The second-order valence-corrected chi connectivity index (χ2v) is 6.03. The Balaban J connectivity index is 3.31. The fourth-order valence-electron chi connectivity index (χ4n) is 1.54. The molecule has 0 aromatic carbocycles. The number of hydrogen-bond acceptors (Lipinski definition) is 2. The monoisotopic (exact) mass is 243 g/mol. The molecule has 0 atom stereocenters. The van der Waals surface area contributed by atoms with Crippen LogP contribution in [-0.2, 0) is 4.74 Å². The Morgan fingerprint density at radius 2 is 1.71 bits per heavy atom. The summed E-state index contributed by atoms with van der Waals surface area (Å²) in [6, 6.07) is 0. The molecule has 0 aromatic heterocycles. The molecule has 0 fully saturated rings. The quantitative estimate of drug-likeness (QED) is 0.683. The highest BCUT2D eigenvalue weighted by atomic mass is 16.6. The average Bonchev–Trinajstić information content (AvgIpc) is 2.12. The Morgan fingerprint density at radius 1 is 1.12 bits per heavy atom. The molecule has 0 unspecified atom stereocenters. The zero-order valence-corrected chi connectivity index (χ0v) is 12.1. The third kappa shape index (κ3) is 13.2. The number of rotatable bonds is 7. The van der Waals surface area contributed by atoms with Gasteiger partial charge in [0, 0.05) is 6.54 Å². The molecule has 1 amide bonds. The van der Waals surface area contributed by atoms with Crippen LogP contribution >= 0.6 is 0 Å².